The smallest absolute Gasteiger partial charge is 0.166 e. The van der Waals surface area contributed by atoms with E-state index in [0.717, 1.165) is 49.2 Å². The molecular weight excluding hydrogens is 804 g/mol. The first-order chi connectivity index (χ1) is 23.0. The van der Waals surface area contributed by atoms with Crippen molar-refractivity contribution in [3.05, 3.63) is 61.6 Å². The van der Waals surface area contributed by atoms with Crippen LogP contribution in [0.15, 0.2) is 21.1 Å². The normalized spacial score (nSPS) is 17.3. The first kappa shape index (κ1) is 42.0. The highest BCUT2D eigenvalue weighted by atomic mass is 79.9. The number of carbonyl (C=O) groups excluding carboxylic acids is 1. The number of thiocarbonyl (C=S) groups is 1. The lowest BCUT2D eigenvalue weighted by Crippen LogP contribution is -2.44. The fraction of sp³-hybridized carbons (Fsp3) is 0.543. The van der Waals surface area contributed by atoms with Crippen molar-refractivity contribution in [2.75, 3.05) is 23.8 Å². The van der Waals surface area contributed by atoms with Gasteiger partial charge in [-0.15, -0.1) is 10.2 Å². The minimum atomic E-state index is -0.629. The predicted molar refractivity (Wildman–Crippen MR) is 201 cm³/mol. The Morgan fingerprint density at radius 3 is 2.02 bits per heavy atom. The Morgan fingerprint density at radius 2 is 1.54 bits per heavy atom. The number of nitrogens with one attached hydrogen (secondary N) is 2. The maximum Gasteiger partial charge on any atom is 0.166 e. The largest absolute Gasteiger partial charge is 0.396 e. The Morgan fingerprint density at radius 1 is 0.980 bits per heavy atom. The fourth-order valence-electron chi connectivity index (χ4n) is 5.25. The van der Waals surface area contributed by atoms with Gasteiger partial charge < -0.3 is 21.5 Å². The lowest BCUT2D eigenvalue weighted by atomic mass is 9.89. The van der Waals surface area contributed by atoms with Crippen molar-refractivity contribution < 1.29 is 27.5 Å². The van der Waals surface area contributed by atoms with E-state index in [9.17, 15) is 22.4 Å². The van der Waals surface area contributed by atoms with E-state index in [2.05, 4.69) is 59.6 Å². The van der Waals surface area contributed by atoms with Gasteiger partial charge in [0.05, 0.1) is 32.3 Å². The Balaban J connectivity index is 0.000000205. The molecule has 15 heteroatoms. The number of aromatic nitrogens is 3. The molecule has 2 aromatic carbocycles. The van der Waals surface area contributed by atoms with E-state index in [4.69, 9.17) is 23.1 Å². The van der Waals surface area contributed by atoms with E-state index in [1.165, 1.54) is 12.1 Å². The zero-order valence-corrected chi connectivity index (χ0v) is 32.1. The molecule has 0 saturated heterocycles. The molecule has 3 heterocycles. The van der Waals surface area contributed by atoms with Crippen LogP contribution >= 0.6 is 44.1 Å². The molecule has 2 fully saturated rings. The van der Waals surface area contributed by atoms with E-state index in [1.807, 2.05) is 27.7 Å². The number of aliphatic hydroxyl groups excluding tert-OH is 1. The van der Waals surface area contributed by atoms with Crippen LogP contribution in [0.2, 0.25) is 0 Å². The lowest BCUT2D eigenvalue weighted by molar-refractivity contribution is -0.118. The Bertz CT molecular complexity index is 1730. The van der Waals surface area contributed by atoms with Crippen LogP contribution in [0.4, 0.5) is 28.9 Å². The first-order valence-corrected chi connectivity index (χ1v) is 18.2. The topological polar surface area (TPSA) is 118 Å². The summed E-state index contributed by atoms with van der Waals surface area (Å²) in [6, 6.07) is 2.61. The van der Waals surface area contributed by atoms with Crippen LogP contribution in [0.25, 0.3) is 5.69 Å². The summed E-state index contributed by atoms with van der Waals surface area (Å²) >= 11 is 11.1. The van der Waals surface area contributed by atoms with Gasteiger partial charge in [0.1, 0.15) is 34.7 Å². The second-order valence-corrected chi connectivity index (χ2v) is 15.6. The number of halogens is 6. The summed E-state index contributed by atoms with van der Waals surface area (Å²) in [6.45, 7) is 10.3. The van der Waals surface area contributed by atoms with Crippen LogP contribution in [0.1, 0.15) is 104 Å². The number of carbonyl (C=O) groups is 1. The van der Waals surface area contributed by atoms with Crippen LogP contribution in [-0.4, -0.2) is 49.2 Å². The number of fused-ring (bicyclic) bond motifs is 4. The molecule has 0 unspecified atom stereocenters. The number of rotatable bonds is 5. The van der Waals surface area contributed by atoms with Gasteiger partial charge in [-0.05, 0) is 97.7 Å². The molecule has 8 nitrogen and oxygen atoms in total. The van der Waals surface area contributed by atoms with Gasteiger partial charge in [-0.1, -0.05) is 33.0 Å². The van der Waals surface area contributed by atoms with Crippen molar-refractivity contribution >= 4 is 66.1 Å². The zero-order chi connectivity index (χ0) is 36.4. The average molecular weight is 851 g/mol. The summed E-state index contributed by atoms with van der Waals surface area (Å²) in [5, 5.41) is 22.8. The Kier molecular flexibility index (Phi) is 14.2. The van der Waals surface area contributed by atoms with Gasteiger partial charge in [0.15, 0.2) is 11.6 Å². The summed E-state index contributed by atoms with van der Waals surface area (Å²) in [5.41, 5.74) is 5.74. The van der Waals surface area contributed by atoms with E-state index in [-0.39, 0.29) is 28.7 Å². The molecule has 7 rings (SSSR count). The highest BCUT2D eigenvalue weighted by Gasteiger charge is 2.41. The molecule has 2 aliphatic carbocycles. The van der Waals surface area contributed by atoms with Gasteiger partial charge >= 0.3 is 0 Å². The SMILES string of the molecule is C.CC1(C)Nc2cc(F)c(Br)c(F)c2-n2c(C3CC3)nnc21.CC1(C)Nc2cc(F)c(Br)c(F)c2CC1=S.CCCCO.NCC(=O)C1CC1. The molecule has 1 aromatic heterocycles. The summed E-state index contributed by atoms with van der Waals surface area (Å²) in [7, 11) is 0. The van der Waals surface area contributed by atoms with E-state index in [0.29, 0.717) is 53.3 Å². The number of Topliss-reactive ketones (excluding diaryl/α,β-unsaturated/α-hetero) is 1. The number of nitrogens with two attached hydrogens (primary N) is 1. The van der Waals surface area contributed by atoms with Crippen molar-refractivity contribution in [2.24, 2.45) is 11.7 Å². The second kappa shape index (κ2) is 16.9. The summed E-state index contributed by atoms with van der Waals surface area (Å²) in [5.74, 6) is -0.114. The number of ketones is 1. The highest BCUT2D eigenvalue weighted by Crippen LogP contribution is 2.46. The van der Waals surface area contributed by atoms with Crippen molar-refractivity contribution in [1.29, 1.82) is 0 Å². The molecule has 0 atom stereocenters. The highest BCUT2D eigenvalue weighted by molar-refractivity contribution is 9.10. The second-order valence-electron chi connectivity index (χ2n) is 13.5. The maximum absolute atomic E-state index is 14.6. The fourth-order valence-corrected chi connectivity index (χ4v) is 6.11. The number of aliphatic hydroxyl groups is 1. The van der Waals surface area contributed by atoms with Gasteiger partial charge in [-0.2, -0.15) is 0 Å². The summed E-state index contributed by atoms with van der Waals surface area (Å²) < 4.78 is 57.0. The van der Waals surface area contributed by atoms with Gasteiger partial charge in [0.25, 0.3) is 0 Å². The number of unbranched alkanes of at least 4 members (excludes halogenated alkanes) is 1. The quantitative estimate of drug-likeness (QED) is 0.114. The van der Waals surface area contributed by atoms with E-state index in [1.54, 1.807) is 4.57 Å². The molecule has 0 bridgehead atoms. The number of anilines is 2. The third-order valence-corrected chi connectivity index (χ3v) is 10.6. The molecule has 0 spiro atoms. The van der Waals surface area contributed by atoms with Crippen LogP contribution < -0.4 is 16.4 Å². The molecule has 0 radical (unpaired) electrons. The van der Waals surface area contributed by atoms with E-state index >= 15 is 0 Å². The maximum atomic E-state index is 14.6. The van der Waals surface area contributed by atoms with Gasteiger partial charge in [-0.3, -0.25) is 9.36 Å². The number of hydrogen-bond acceptors (Lipinski definition) is 8. The third-order valence-electron chi connectivity index (χ3n) is 8.49. The minimum absolute atomic E-state index is 0. The van der Waals surface area contributed by atoms with Crippen molar-refractivity contribution in [2.45, 2.75) is 104 Å². The summed E-state index contributed by atoms with van der Waals surface area (Å²) in [6.07, 6.45) is 6.62. The third kappa shape index (κ3) is 9.30. The van der Waals surface area contributed by atoms with Gasteiger partial charge in [0, 0.05) is 47.0 Å². The Labute approximate surface area is 313 Å². The molecular formula is C35H46Br2F4N6O2S. The van der Waals surface area contributed by atoms with Gasteiger partial charge in [0.2, 0.25) is 0 Å². The van der Waals surface area contributed by atoms with E-state index < -0.39 is 34.3 Å². The van der Waals surface area contributed by atoms with Crippen molar-refractivity contribution in [1.82, 2.24) is 14.8 Å². The standard InChI is InChI=1S/C14H13BrF2N4.C11H10BrF2NS.C5H9NO.C4H10O.CH4/c1-14(2)13-20-19-12(6-3-4-6)21(13)11-8(18-14)5-7(16)9(15)10(11)17;1-11(2)8(16)3-5-7(15-11)4-6(13)9(12)10(5)14;6-3-5(7)4-1-2-4;1-2-3-4-5;/h5-6,18H,3-4H2,1-2H3;4,15H,3H2,1-2H3;4H,1-3,6H2;5H,2-4H2,1H3;1H4. The Hall–Kier alpha value is -2.46. The zero-order valence-electron chi connectivity index (χ0n) is 28.1. The molecule has 3 aromatic rings. The molecule has 5 N–H and O–H groups in total. The monoisotopic (exact) mass is 848 g/mol. The number of benzene rings is 2. The first-order valence-electron chi connectivity index (χ1n) is 16.2. The minimum Gasteiger partial charge on any atom is -0.396 e. The molecule has 276 valence electrons. The molecule has 2 saturated carbocycles. The number of nitrogens with zero attached hydrogens (tertiary/aromatic N) is 3. The molecule has 50 heavy (non-hydrogen) atoms. The van der Waals surface area contributed by atoms with Gasteiger partial charge in [-0.25, -0.2) is 17.6 Å². The van der Waals surface area contributed by atoms with Crippen LogP contribution in [0, 0.1) is 29.2 Å². The molecule has 0 amide bonds. The van der Waals surface area contributed by atoms with Crippen LogP contribution in [-0.2, 0) is 16.8 Å². The lowest BCUT2D eigenvalue weighted by Gasteiger charge is -2.35. The number of hydrogen-bond donors (Lipinski definition) is 4. The van der Waals surface area contributed by atoms with Crippen LogP contribution in [0.5, 0.6) is 0 Å². The molecule has 4 aliphatic rings. The van der Waals surface area contributed by atoms with Crippen molar-refractivity contribution in [3.63, 3.8) is 0 Å². The van der Waals surface area contributed by atoms with Crippen molar-refractivity contribution in [3.8, 4) is 5.69 Å². The molecule has 2 aliphatic heterocycles. The predicted octanol–water partition coefficient (Wildman–Crippen LogP) is 9.03. The average Bonchev–Trinajstić information content (AvgIpc) is 3.99. The summed E-state index contributed by atoms with van der Waals surface area (Å²) in [4.78, 5) is 11.2. The van der Waals surface area contributed by atoms with Crippen LogP contribution in [0.3, 0.4) is 0 Å².